The second kappa shape index (κ2) is 10.3. The Balaban J connectivity index is 1.56. The Morgan fingerprint density at radius 3 is 2.43 bits per heavy atom. The standard InChI is InChI=1S/C22H18Br2N2O4/c1-29-19-11-18(23)21(24)17(22(19)28)12-25-26-20(27)13-30-16-9-7-15(8-10-16)14-5-3-2-4-6-14/h2-12,28H,13H2,1H3,(H,26,27)/b25-12+. The van der Waals surface area contributed by atoms with Crippen LogP contribution in [0.3, 0.4) is 0 Å². The predicted octanol–water partition coefficient (Wildman–Crippen LogP) is 5.12. The number of rotatable bonds is 7. The molecule has 154 valence electrons. The van der Waals surface area contributed by atoms with E-state index in [1.807, 2.05) is 54.6 Å². The van der Waals surface area contributed by atoms with Gasteiger partial charge < -0.3 is 14.6 Å². The summed E-state index contributed by atoms with van der Waals surface area (Å²) in [5, 5.41) is 14.1. The molecule has 1 amide bonds. The van der Waals surface area contributed by atoms with Crippen LogP contribution in [0.2, 0.25) is 0 Å². The number of halogens is 2. The highest BCUT2D eigenvalue weighted by molar-refractivity contribution is 9.13. The number of nitrogens with zero attached hydrogens (tertiary/aromatic N) is 1. The average Bonchev–Trinajstić information content (AvgIpc) is 2.78. The molecule has 0 aliphatic heterocycles. The van der Waals surface area contributed by atoms with E-state index in [-0.39, 0.29) is 18.1 Å². The zero-order valence-corrected chi connectivity index (χ0v) is 19.1. The second-order valence-electron chi connectivity index (χ2n) is 6.11. The zero-order valence-electron chi connectivity index (χ0n) is 15.9. The quantitative estimate of drug-likeness (QED) is 0.326. The molecule has 0 spiro atoms. The number of hydrogen-bond acceptors (Lipinski definition) is 5. The smallest absolute Gasteiger partial charge is 0.277 e. The summed E-state index contributed by atoms with van der Waals surface area (Å²) >= 11 is 6.71. The van der Waals surface area contributed by atoms with Gasteiger partial charge in [-0.2, -0.15) is 5.10 Å². The number of carbonyl (C=O) groups excluding carboxylic acids is 1. The van der Waals surface area contributed by atoms with E-state index in [0.29, 0.717) is 20.3 Å². The van der Waals surface area contributed by atoms with Gasteiger partial charge in [-0.25, -0.2) is 5.43 Å². The SMILES string of the molecule is COc1cc(Br)c(Br)c(/C=N/NC(=O)COc2ccc(-c3ccccc3)cc2)c1O. The first kappa shape index (κ1) is 21.9. The summed E-state index contributed by atoms with van der Waals surface area (Å²) in [5.41, 5.74) is 4.90. The van der Waals surface area contributed by atoms with Gasteiger partial charge in [0.25, 0.3) is 5.91 Å². The molecule has 0 unspecified atom stereocenters. The Morgan fingerprint density at radius 2 is 1.77 bits per heavy atom. The van der Waals surface area contributed by atoms with Crippen molar-refractivity contribution < 1.29 is 19.4 Å². The number of ether oxygens (including phenoxy) is 2. The maximum absolute atomic E-state index is 12.0. The molecule has 0 saturated carbocycles. The Bertz CT molecular complexity index is 1050. The molecule has 3 aromatic carbocycles. The van der Waals surface area contributed by atoms with Gasteiger partial charge in [0, 0.05) is 8.95 Å². The van der Waals surface area contributed by atoms with E-state index in [2.05, 4.69) is 42.4 Å². The van der Waals surface area contributed by atoms with E-state index in [1.165, 1.54) is 13.3 Å². The van der Waals surface area contributed by atoms with Gasteiger partial charge >= 0.3 is 0 Å². The van der Waals surface area contributed by atoms with Crippen molar-refractivity contribution in [3.05, 3.63) is 75.2 Å². The molecule has 6 nitrogen and oxygen atoms in total. The summed E-state index contributed by atoms with van der Waals surface area (Å²) in [6.07, 6.45) is 1.32. The van der Waals surface area contributed by atoms with Gasteiger partial charge in [0.1, 0.15) is 5.75 Å². The largest absolute Gasteiger partial charge is 0.504 e. The summed E-state index contributed by atoms with van der Waals surface area (Å²) in [6.45, 7) is -0.197. The van der Waals surface area contributed by atoms with Gasteiger partial charge in [0.15, 0.2) is 18.1 Å². The minimum Gasteiger partial charge on any atom is -0.504 e. The highest BCUT2D eigenvalue weighted by Gasteiger charge is 2.14. The van der Waals surface area contributed by atoms with Crippen molar-refractivity contribution in [1.82, 2.24) is 5.43 Å². The van der Waals surface area contributed by atoms with E-state index in [1.54, 1.807) is 6.07 Å². The molecule has 0 atom stereocenters. The van der Waals surface area contributed by atoms with Crippen LogP contribution in [0.15, 0.2) is 74.7 Å². The number of phenolic OH excluding ortho intramolecular Hbond substituents is 1. The van der Waals surface area contributed by atoms with Crippen LogP contribution >= 0.6 is 31.9 Å². The molecule has 3 aromatic rings. The van der Waals surface area contributed by atoms with Crippen LogP contribution in [0, 0.1) is 0 Å². The highest BCUT2D eigenvalue weighted by Crippen LogP contribution is 2.39. The maximum atomic E-state index is 12.0. The fourth-order valence-electron chi connectivity index (χ4n) is 2.61. The molecule has 0 bridgehead atoms. The molecule has 0 aliphatic rings. The summed E-state index contributed by atoms with van der Waals surface area (Å²) in [6, 6.07) is 19.1. The zero-order chi connectivity index (χ0) is 21.5. The third kappa shape index (κ3) is 5.40. The number of hydrogen-bond donors (Lipinski definition) is 2. The number of carbonyl (C=O) groups is 1. The van der Waals surface area contributed by atoms with Gasteiger partial charge in [-0.15, -0.1) is 0 Å². The van der Waals surface area contributed by atoms with Crippen LogP contribution in [0.5, 0.6) is 17.2 Å². The van der Waals surface area contributed by atoms with Crippen LogP contribution in [0.1, 0.15) is 5.56 Å². The predicted molar refractivity (Wildman–Crippen MR) is 123 cm³/mol. The monoisotopic (exact) mass is 532 g/mol. The first-order valence-corrected chi connectivity index (χ1v) is 10.4. The number of methoxy groups -OCH3 is 1. The Hall–Kier alpha value is -2.84. The Morgan fingerprint density at radius 1 is 1.10 bits per heavy atom. The molecule has 3 rings (SSSR count). The number of phenols is 1. The number of hydrazone groups is 1. The third-order valence-electron chi connectivity index (χ3n) is 4.13. The van der Waals surface area contributed by atoms with E-state index in [9.17, 15) is 9.90 Å². The highest BCUT2D eigenvalue weighted by atomic mass is 79.9. The number of benzene rings is 3. The van der Waals surface area contributed by atoms with Crippen LogP contribution in [-0.2, 0) is 4.79 Å². The van der Waals surface area contributed by atoms with Crippen LogP contribution in [-0.4, -0.2) is 30.9 Å². The first-order valence-electron chi connectivity index (χ1n) is 8.84. The minimum atomic E-state index is -0.434. The lowest BCUT2D eigenvalue weighted by molar-refractivity contribution is -0.123. The van der Waals surface area contributed by atoms with Crippen molar-refractivity contribution in [3.8, 4) is 28.4 Å². The molecular formula is C22H18Br2N2O4. The van der Waals surface area contributed by atoms with Crippen molar-refractivity contribution in [1.29, 1.82) is 0 Å². The molecule has 0 aliphatic carbocycles. The summed E-state index contributed by atoms with van der Waals surface area (Å²) < 4.78 is 11.8. The molecule has 0 heterocycles. The molecule has 0 saturated heterocycles. The van der Waals surface area contributed by atoms with Crippen molar-refractivity contribution >= 4 is 44.0 Å². The molecule has 0 radical (unpaired) electrons. The fraction of sp³-hybridized carbons (Fsp3) is 0.0909. The lowest BCUT2D eigenvalue weighted by Crippen LogP contribution is -2.24. The van der Waals surface area contributed by atoms with Gasteiger partial charge in [0.05, 0.1) is 18.9 Å². The lowest BCUT2D eigenvalue weighted by atomic mass is 10.1. The van der Waals surface area contributed by atoms with Gasteiger partial charge in [-0.1, -0.05) is 42.5 Å². The number of aromatic hydroxyl groups is 1. The molecular weight excluding hydrogens is 516 g/mol. The molecule has 30 heavy (non-hydrogen) atoms. The van der Waals surface area contributed by atoms with Crippen molar-refractivity contribution in [2.45, 2.75) is 0 Å². The Labute approximate surface area is 190 Å². The molecule has 0 fully saturated rings. The second-order valence-corrected chi connectivity index (χ2v) is 7.76. The summed E-state index contributed by atoms with van der Waals surface area (Å²) in [4.78, 5) is 12.0. The van der Waals surface area contributed by atoms with Crippen LogP contribution in [0.4, 0.5) is 0 Å². The van der Waals surface area contributed by atoms with E-state index >= 15 is 0 Å². The van der Waals surface area contributed by atoms with Gasteiger partial charge in [-0.05, 0) is 61.2 Å². The minimum absolute atomic E-state index is 0.0969. The van der Waals surface area contributed by atoms with E-state index in [4.69, 9.17) is 9.47 Å². The lowest BCUT2D eigenvalue weighted by Gasteiger charge is -2.10. The Kier molecular flexibility index (Phi) is 7.48. The third-order valence-corrected chi connectivity index (χ3v) is 6.14. The molecule has 8 heteroatoms. The van der Waals surface area contributed by atoms with Crippen molar-refractivity contribution in [2.75, 3.05) is 13.7 Å². The summed E-state index contributed by atoms with van der Waals surface area (Å²) in [7, 11) is 1.45. The fourth-order valence-corrected chi connectivity index (χ4v) is 3.44. The number of nitrogens with one attached hydrogen (secondary N) is 1. The summed E-state index contributed by atoms with van der Waals surface area (Å²) in [5.74, 6) is 0.322. The van der Waals surface area contributed by atoms with Crippen LogP contribution in [0.25, 0.3) is 11.1 Å². The van der Waals surface area contributed by atoms with Crippen molar-refractivity contribution in [2.24, 2.45) is 5.10 Å². The normalized spacial score (nSPS) is 10.8. The van der Waals surface area contributed by atoms with E-state index < -0.39 is 5.91 Å². The van der Waals surface area contributed by atoms with Gasteiger partial charge in [0.2, 0.25) is 0 Å². The van der Waals surface area contributed by atoms with E-state index in [0.717, 1.165) is 11.1 Å². The average molecular weight is 534 g/mol. The van der Waals surface area contributed by atoms with Crippen LogP contribution < -0.4 is 14.9 Å². The maximum Gasteiger partial charge on any atom is 0.277 e. The molecule has 2 N–H and O–H groups in total. The topological polar surface area (TPSA) is 80.2 Å². The number of amides is 1. The van der Waals surface area contributed by atoms with Gasteiger partial charge in [-0.3, -0.25) is 4.79 Å². The first-order chi connectivity index (χ1) is 14.5. The van der Waals surface area contributed by atoms with Crippen molar-refractivity contribution in [3.63, 3.8) is 0 Å². The molecule has 0 aromatic heterocycles.